The third-order valence-corrected chi connectivity index (χ3v) is 8.01. The van der Waals surface area contributed by atoms with Gasteiger partial charge in [-0.3, -0.25) is 4.79 Å². The van der Waals surface area contributed by atoms with E-state index in [4.69, 9.17) is 4.74 Å². The molecule has 0 saturated carbocycles. The third-order valence-electron chi connectivity index (χ3n) is 4.68. The van der Waals surface area contributed by atoms with Crippen LogP contribution in [0.25, 0.3) is 0 Å². The van der Waals surface area contributed by atoms with E-state index in [9.17, 15) is 13.2 Å². The van der Waals surface area contributed by atoms with Crippen molar-refractivity contribution >= 4 is 33.0 Å². The van der Waals surface area contributed by atoms with Crippen LogP contribution in [0.2, 0.25) is 0 Å². The molecule has 1 aromatic heterocycles. The first-order valence-corrected chi connectivity index (χ1v) is 11.2. The Morgan fingerprint density at radius 3 is 2.85 bits per heavy atom. The number of nitrogens with one attached hydrogen (secondary N) is 1. The third kappa shape index (κ3) is 4.51. The summed E-state index contributed by atoms with van der Waals surface area (Å²) in [6, 6.07) is 8.57. The van der Waals surface area contributed by atoms with Crippen LogP contribution in [-0.4, -0.2) is 38.3 Å². The average molecular weight is 409 g/mol. The highest BCUT2D eigenvalue weighted by molar-refractivity contribution is 7.91. The number of ether oxygens (including phenoxy) is 1. The van der Waals surface area contributed by atoms with E-state index < -0.39 is 10.0 Å². The Labute approximate surface area is 164 Å². The quantitative estimate of drug-likeness (QED) is 0.792. The van der Waals surface area contributed by atoms with Gasteiger partial charge < -0.3 is 10.1 Å². The fourth-order valence-electron chi connectivity index (χ4n) is 3.36. The maximum atomic E-state index is 12.9. The van der Waals surface area contributed by atoms with Crippen LogP contribution in [0.4, 0.5) is 5.69 Å². The van der Waals surface area contributed by atoms with E-state index >= 15 is 0 Å². The van der Waals surface area contributed by atoms with Crippen molar-refractivity contribution in [2.75, 3.05) is 19.0 Å². The number of rotatable bonds is 6. The van der Waals surface area contributed by atoms with E-state index in [-0.39, 0.29) is 18.4 Å². The van der Waals surface area contributed by atoms with Crippen molar-refractivity contribution in [2.45, 2.75) is 42.9 Å². The van der Waals surface area contributed by atoms with Gasteiger partial charge in [-0.15, -0.1) is 11.3 Å². The van der Waals surface area contributed by atoms with Gasteiger partial charge in [-0.1, -0.05) is 18.6 Å². The number of aryl methyl sites for hydroxylation is 1. The lowest BCUT2D eigenvalue weighted by Gasteiger charge is -2.34. The number of piperidine rings is 1. The maximum absolute atomic E-state index is 12.9. The summed E-state index contributed by atoms with van der Waals surface area (Å²) in [5, 5.41) is 4.63. The molecule has 2 heterocycles. The summed E-state index contributed by atoms with van der Waals surface area (Å²) in [4.78, 5) is 12.6. The van der Waals surface area contributed by atoms with Crippen LogP contribution >= 0.6 is 11.3 Å². The van der Waals surface area contributed by atoms with Crippen molar-refractivity contribution in [2.24, 2.45) is 0 Å². The van der Waals surface area contributed by atoms with Gasteiger partial charge in [0.15, 0.2) is 0 Å². The summed E-state index contributed by atoms with van der Waals surface area (Å²) in [6.45, 7) is 2.39. The van der Waals surface area contributed by atoms with Crippen molar-refractivity contribution in [3.63, 3.8) is 0 Å². The number of sulfonamides is 1. The molecule has 1 fully saturated rings. The van der Waals surface area contributed by atoms with Crippen molar-refractivity contribution in [3.05, 3.63) is 41.3 Å². The first-order valence-electron chi connectivity index (χ1n) is 8.91. The van der Waals surface area contributed by atoms with Gasteiger partial charge in [-0.2, -0.15) is 4.31 Å². The molecule has 8 heteroatoms. The van der Waals surface area contributed by atoms with Gasteiger partial charge in [0.05, 0.1) is 12.8 Å². The topological polar surface area (TPSA) is 75.7 Å². The van der Waals surface area contributed by atoms with Gasteiger partial charge in [0, 0.05) is 19.0 Å². The zero-order valence-electron chi connectivity index (χ0n) is 15.5. The molecule has 1 atom stereocenters. The first-order chi connectivity index (χ1) is 12.9. The molecular weight excluding hydrogens is 384 g/mol. The number of carbonyl (C=O) groups excluding carboxylic acids is 1. The summed E-state index contributed by atoms with van der Waals surface area (Å²) in [7, 11) is -2.01. The minimum absolute atomic E-state index is 0.127. The van der Waals surface area contributed by atoms with Crippen LogP contribution in [0.5, 0.6) is 5.75 Å². The van der Waals surface area contributed by atoms with E-state index in [0.717, 1.165) is 18.4 Å². The van der Waals surface area contributed by atoms with Crippen molar-refractivity contribution < 1.29 is 17.9 Å². The summed E-state index contributed by atoms with van der Waals surface area (Å²) >= 11 is 1.21. The molecule has 1 amide bonds. The number of anilines is 1. The molecule has 1 N–H and O–H groups in total. The molecule has 1 aliphatic heterocycles. The number of hydrogen-bond acceptors (Lipinski definition) is 5. The maximum Gasteiger partial charge on any atom is 0.252 e. The lowest BCUT2D eigenvalue weighted by molar-refractivity contribution is -0.117. The van der Waals surface area contributed by atoms with Gasteiger partial charge in [-0.25, -0.2) is 8.42 Å². The van der Waals surface area contributed by atoms with Gasteiger partial charge in [0.2, 0.25) is 5.91 Å². The van der Waals surface area contributed by atoms with Crippen LogP contribution in [0.3, 0.4) is 0 Å². The highest BCUT2D eigenvalue weighted by atomic mass is 32.2. The Balaban J connectivity index is 1.75. The number of hydrogen-bond donors (Lipinski definition) is 1. The zero-order valence-corrected chi connectivity index (χ0v) is 17.1. The molecule has 146 valence electrons. The molecule has 0 spiro atoms. The molecule has 1 aliphatic rings. The standard InChI is InChI=1S/C19H24N2O4S2/c1-14-8-9-17(25-2)16(12-14)20-18(22)13-15-6-3-4-10-21(15)27(23,24)19-7-5-11-26-19/h5,7-9,11-12,15H,3-4,6,10,13H2,1-2H3,(H,20,22). The lowest BCUT2D eigenvalue weighted by atomic mass is 10.0. The molecule has 0 aliphatic carbocycles. The minimum Gasteiger partial charge on any atom is -0.495 e. The van der Waals surface area contributed by atoms with Crippen molar-refractivity contribution in [1.82, 2.24) is 4.31 Å². The Kier molecular flexibility index (Phi) is 6.18. The largest absolute Gasteiger partial charge is 0.495 e. The minimum atomic E-state index is -3.56. The number of nitrogens with zero attached hydrogens (tertiary/aromatic N) is 1. The molecule has 27 heavy (non-hydrogen) atoms. The second-order valence-corrected chi connectivity index (χ2v) is 9.72. The van der Waals surface area contributed by atoms with Gasteiger partial charge in [0.1, 0.15) is 9.96 Å². The van der Waals surface area contributed by atoms with Crippen molar-refractivity contribution in [3.8, 4) is 5.75 Å². The summed E-state index contributed by atoms with van der Waals surface area (Å²) < 4.78 is 33.0. The van der Waals surface area contributed by atoms with Gasteiger partial charge in [0.25, 0.3) is 10.0 Å². The van der Waals surface area contributed by atoms with Crippen LogP contribution in [-0.2, 0) is 14.8 Å². The average Bonchev–Trinajstić information content (AvgIpc) is 3.18. The molecule has 6 nitrogen and oxygen atoms in total. The Hall–Kier alpha value is -1.90. The van der Waals surface area contributed by atoms with Crippen LogP contribution in [0, 0.1) is 6.92 Å². The molecule has 1 unspecified atom stereocenters. The Bertz CT molecular complexity index is 894. The predicted octanol–water partition coefficient (Wildman–Crippen LogP) is 3.64. The van der Waals surface area contributed by atoms with Gasteiger partial charge in [-0.05, 0) is 48.9 Å². The normalized spacial score (nSPS) is 18.2. The number of amides is 1. The second-order valence-electron chi connectivity index (χ2n) is 6.65. The number of thiophene rings is 1. The van der Waals surface area contributed by atoms with E-state index in [1.807, 2.05) is 19.1 Å². The SMILES string of the molecule is COc1ccc(C)cc1NC(=O)CC1CCCCN1S(=O)(=O)c1cccs1. The van der Waals surface area contributed by atoms with Crippen molar-refractivity contribution in [1.29, 1.82) is 0 Å². The Morgan fingerprint density at radius 1 is 1.33 bits per heavy atom. The summed E-state index contributed by atoms with van der Waals surface area (Å²) in [5.74, 6) is 0.373. The second kappa shape index (κ2) is 8.41. The molecule has 2 aromatic rings. The first kappa shape index (κ1) is 19.9. The summed E-state index contributed by atoms with van der Waals surface area (Å²) in [6.07, 6.45) is 2.54. The van der Waals surface area contributed by atoms with E-state index in [0.29, 0.717) is 28.6 Å². The zero-order chi connectivity index (χ0) is 19.4. The molecule has 3 rings (SSSR count). The Morgan fingerprint density at radius 2 is 2.15 bits per heavy atom. The lowest BCUT2D eigenvalue weighted by Crippen LogP contribution is -2.45. The highest BCUT2D eigenvalue weighted by Crippen LogP contribution is 2.30. The summed E-state index contributed by atoms with van der Waals surface area (Å²) in [5.41, 5.74) is 1.61. The molecular formula is C19H24N2O4S2. The molecule has 1 saturated heterocycles. The van der Waals surface area contributed by atoms with E-state index in [2.05, 4.69) is 5.32 Å². The van der Waals surface area contributed by atoms with E-state index in [1.54, 1.807) is 30.7 Å². The number of methoxy groups -OCH3 is 1. The van der Waals surface area contributed by atoms with E-state index in [1.165, 1.54) is 15.6 Å². The fraction of sp³-hybridized carbons (Fsp3) is 0.421. The molecule has 0 bridgehead atoms. The molecule has 0 radical (unpaired) electrons. The smallest absolute Gasteiger partial charge is 0.252 e. The van der Waals surface area contributed by atoms with Crippen LogP contribution in [0.15, 0.2) is 39.9 Å². The van der Waals surface area contributed by atoms with Crippen LogP contribution in [0.1, 0.15) is 31.2 Å². The fourth-order valence-corrected chi connectivity index (χ4v) is 6.17. The monoisotopic (exact) mass is 408 g/mol. The number of carbonyl (C=O) groups is 1. The number of benzene rings is 1. The van der Waals surface area contributed by atoms with Crippen LogP contribution < -0.4 is 10.1 Å². The predicted molar refractivity (Wildman–Crippen MR) is 107 cm³/mol. The van der Waals surface area contributed by atoms with Gasteiger partial charge >= 0.3 is 0 Å². The highest BCUT2D eigenvalue weighted by Gasteiger charge is 2.35. The molecule has 1 aromatic carbocycles.